The zero-order valence-corrected chi connectivity index (χ0v) is 34.5. The normalized spacial score (nSPS) is 15.0. The van der Waals surface area contributed by atoms with Crippen LogP contribution in [-0.4, -0.2) is 84.9 Å². The summed E-state index contributed by atoms with van der Waals surface area (Å²) in [5.74, 6) is -1.20. The predicted molar refractivity (Wildman–Crippen MR) is 220 cm³/mol. The van der Waals surface area contributed by atoms with Crippen LogP contribution in [0.25, 0.3) is 10.9 Å². The van der Waals surface area contributed by atoms with E-state index in [-0.39, 0.29) is 36.6 Å². The third-order valence-electron chi connectivity index (χ3n) is 9.01. The number of ether oxygens (including phenoxy) is 3. The molecule has 4 aromatic rings. The van der Waals surface area contributed by atoms with Gasteiger partial charge in [0.1, 0.15) is 11.4 Å². The highest BCUT2D eigenvalue weighted by molar-refractivity contribution is 6.31. The van der Waals surface area contributed by atoms with Crippen LogP contribution < -0.4 is 10.1 Å². The number of carbonyl (C=O) groups is 5. The Morgan fingerprint density at radius 1 is 0.964 bits per heavy atom. The molecule has 0 radical (unpaired) electrons. The average molecular weight is 791 g/mol. The van der Waals surface area contributed by atoms with E-state index in [0.717, 1.165) is 48.0 Å². The molecular weight excluding hydrogens is 736 g/mol. The molecule has 0 bridgehead atoms. The maximum Gasteiger partial charge on any atom is 0.354 e. The number of rotatable bonds is 9. The number of halogens is 1. The minimum atomic E-state index is -0.497. The van der Waals surface area contributed by atoms with Crippen molar-refractivity contribution < 1.29 is 38.2 Å². The fourth-order valence-electron chi connectivity index (χ4n) is 6.67. The molecule has 3 heterocycles. The van der Waals surface area contributed by atoms with E-state index < -0.39 is 5.97 Å². The number of aromatic nitrogens is 1. The molecule has 12 nitrogen and oxygen atoms in total. The summed E-state index contributed by atoms with van der Waals surface area (Å²) in [5.41, 5.74) is 4.81. The number of hydrogen-bond donors (Lipinski definition) is 2. The van der Waals surface area contributed by atoms with E-state index in [2.05, 4.69) is 10.3 Å². The minimum Gasteiger partial charge on any atom is -0.492 e. The van der Waals surface area contributed by atoms with Crippen LogP contribution in [0.4, 0.5) is 5.69 Å². The zero-order valence-electron chi connectivity index (χ0n) is 33.8. The number of nitrogens with zero attached hydrogens (tertiary/aromatic N) is 2. The van der Waals surface area contributed by atoms with Crippen molar-refractivity contribution in [3.8, 4) is 5.75 Å². The predicted octanol–water partition coefficient (Wildman–Crippen LogP) is 8.42. The lowest BCUT2D eigenvalue weighted by atomic mass is 9.81. The molecule has 56 heavy (non-hydrogen) atoms. The number of H-pyrrole nitrogens is 1. The molecule has 2 N–H and O–H groups in total. The summed E-state index contributed by atoms with van der Waals surface area (Å²) in [6, 6.07) is 15.6. The van der Waals surface area contributed by atoms with Gasteiger partial charge in [-0.05, 0) is 78.8 Å². The number of carbonyl (C=O) groups excluding carboxylic acids is 5. The fraction of sp³-hybridized carbons (Fsp3) is 0.419. The fourth-order valence-corrected chi connectivity index (χ4v) is 6.91. The molecule has 0 spiro atoms. The van der Waals surface area contributed by atoms with Gasteiger partial charge >= 0.3 is 5.97 Å². The van der Waals surface area contributed by atoms with E-state index in [1.165, 1.54) is 12.0 Å². The van der Waals surface area contributed by atoms with Gasteiger partial charge in [-0.3, -0.25) is 24.1 Å². The molecule has 1 aromatic heterocycles. The summed E-state index contributed by atoms with van der Waals surface area (Å²) >= 11 is 6.30. The van der Waals surface area contributed by atoms with Gasteiger partial charge in [0.05, 0.1) is 50.3 Å². The van der Waals surface area contributed by atoms with E-state index >= 15 is 0 Å². The highest BCUT2D eigenvalue weighted by Crippen LogP contribution is 2.42. The Balaban J connectivity index is 0.000000519. The number of morpholine rings is 1. The van der Waals surface area contributed by atoms with Gasteiger partial charge in [-0.2, -0.15) is 0 Å². The molecule has 2 aliphatic heterocycles. The van der Waals surface area contributed by atoms with Gasteiger partial charge < -0.3 is 29.4 Å². The van der Waals surface area contributed by atoms with Crippen LogP contribution in [0.1, 0.15) is 115 Å². The highest BCUT2D eigenvalue weighted by atomic mass is 35.5. The average Bonchev–Trinajstić information content (AvgIpc) is 3.74. The second-order valence-electron chi connectivity index (χ2n) is 12.1. The lowest BCUT2D eigenvalue weighted by Gasteiger charge is -2.24. The number of fused-ring (bicyclic) bond motifs is 1. The zero-order chi connectivity index (χ0) is 41.4. The van der Waals surface area contributed by atoms with Gasteiger partial charge in [-0.1, -0.05) is 71.3 Å². The molecule has 1 atom stereocenters. The van der Waals surface area contributed by atoms with Crippen LogP contribution >= 0.6 is 11.6 Å². The number of benzene rings is 3. The van der Waals surface area contributed by atoms with Crippen LogP contribution in [0.2, 0.25) is 5.02 Å². The maximum absolute atomic E-state index is 13.4. The van der Waals surface area contributed by atoms with E-state index in [0.29, 0.717) is 65.1 Å². The molecule has 3 aromatic carbocycles. The number of hydrogen-bond acceptors (Lipinski definition) is 8. The van der Waals surface area contributed by atoms with Crippen molar-refractivity contribution in [2.75, 3.05) is 45.3 Å². The van der Waals surface area contributed by atoms with Crippen molar-refractivity contribution in [3.63, 3.8) is 0 Å². The molecule has 3 aliphatic rings. The highest BCUT2D eigenvalue weighted by Gasteiger charge is 2.35. The largest absolute Gasteiger partial charge is 0.492 e. The van der Waals surface area contributed by atoms with E-state index in [9.17, 15) is 24.0 Å². The van der Waals surface area contributed by atoms with Crippen LogP contribution in [0, 0.1) is 0 Å². The first-order chi connectivity index (χ1) is 27.2. The minimum absolute atomic E-state index is 0.0753. The third kappa shape index (κ3) is 10.6. The molecule has 302 valence electrons. The van der Waals surface area contributed by atoms with E-state index in [1.54, 1.807) is 53.4 Å². The van der Waals surface area contributed by atoms with Crippen molar-refractivity contribution >= 4 is 58.3 Å². The van der Waals surface area contributed by atoms with Gasteiger partial charge in [0, 0.05) is 35.4 Å². The van der Waals surface area contributed by atoms with Crippen LogP contribution in [-0.2, 0) is 32.0 Å². The maximum atomic E-state index is 13.4. The van der Waals surface area contributed by atoms with Gasteiger partial charge in [-0.25, -0.2) is 4.79 Å². The summed E-state index contributed by atoms with van der Waals surface area (Å²) in [6.07, 6.45) is 2.39. The quantitative estimate of drug-likeness (QED) is 0.0976. The first-order valence-corrected chi connectivity index (χ1v) is 19.8. The lowest BCUT2D eigenvalue weighted by molar-refractivity contribution is -0.121. The van der Waals surface area contributed by atoms with E-state index in [1.807, 2.05) is 54.5 Å². The Labute approximate surface area is 334 Å². The lowest BCUT2D eigenvalue weighted by Crippen LogP contribution is -2.34. The molecule has 4 amide bonds. The third-order valence-corrected chi connectivity index (χ3v) is 9.23. The van der Waals surface area contributed by atoms with Gasteiger partial charge in [0.25, 0.3) is 11.8 Å². The Morgan fingerprint density at radius 2 is 1.61 bits per heavy atom. The number of methoxy groups -OCH3 is 1. The molecular formula is C43H55ClN4O8. The molecule has 7 rings (SSSR count). The standard InChI is InChI=1S/C32H28ClN3O6.C5H9NO2.3C2H6/c1-3-42-25-12-17(16-36-30(38)21-6-4-5-7-22(21)31(36)39)8-11-23(25)34-26(37)14-19-10-9-18-13-20(33)15-24-27(18)28(19)29(35-24)32(40)41-2;7-5-6-1-3-8-4-2-6;3*1-2/h4-8,11-13,15,19,35H,3,9-10,14,16H2,1-2H3,(H,34,37);5H,1-4H2;3*1-2H3. The Kier molecular flexibility index (Phi) is 18.1. The molecule has 1 unspecified atom stereocenters. The van der Waals surface area contributed by atoms with Gasteiger partial charge in [-0.15, -0.1) is 0 Å². The summed E-state index contributed by atoms with van der Waals surface area (Å²) in [5, 5.41) is 4.45. The first-order valence-electron chi connectivity index (χ1n) is 19.4. The monoisotopic (exact) mass is 790 g/mol. The second-order valence-corrected chi connectivity index (χ2v) is 12.6. The van der Waals surface area contributed by atoms with Crippen LogP contribution in [0.15, 0.2) is 54.6 Å². The van der Waals surface area contributed by atoms with Crippen molar-refractivity contribution in [2.45, 2.75) is 80.2 Å². The van der Waals surface area contributed by atoms with Crippen molar-refractivity contribution in [3.05, 3.63) is 93.1 Å². The van der Waals surface area contributed by atoms with E-state index in [4.69, 9.17) is 25.8 Å². The summed E-state index contributed by atoms with van der Waals surface area (Å²) in [4.78, 5) is 67.8. The number of nitrogens with one attached hydrogen (secondary N) is 2. The van der Waals surface area contributed by atoms with Crippen molar-refractivity contribution in [1.82, 2.24) is 14.8 Å². The summed E-state index contributed by atoms with van der Waals surface area (Å²) < 4.78 is 15.8. The molecule has 1 fully saturated rings. The molecule has 1 aliphatic carbocycles. The van der Waals surface area contributed by atoms with Gasteiger partial charge in [0.2, 0.25) is 12.3 Å². The number of aromatic amines is 1. The Hall–Kier alpha value is -5.20. The number of imide groups is 1. The summed E-state index contributed by atoms with van der Waals surface area (Å²) in [6.45, 7) is 17.2. The Bertz CT molecular complexity index is 1940. The van der Waals surface area contributed by atoms with Crippen LogP contribution in [0.5, 0.6) is 5.75 Å². The Morgan fingerprint density at radius 3 is 2.18 bits per heavy atom. The number of amides is 4. The molecule has 13 heteroatoms. The second kappa shape index (κ2) is 22.4. The smallest absolute Gasteiger partial charge is 0.354 e. The van der Waals surface area contributed by atoms with Crippen molar-refractivity contribution in [1.29, 1.82) is 0 Å². The summed E-state index contributed by atoms with van der Waals surface area (Å²) in [7, 11) is 1.33. The first kappa shape index (κ1) is 45.2. The van der Waals surface area contributed by atoms with Crippen LogP contribution in [0.3, 0.4) is 0 Å². The topological polar surface area (TPSA) is 147 Å². The number of esters is 1. The SMILES string of the molecule is CC.CC.CC.CCOc1cc(CN2C(=O)c3ccccc3C2=O)ccc1NC(=O)CC1CCc2cc(Cl)cc3[nH]c(C(=O)OC)c1c23.O=CN1CCOCC1. The number of anilines is 1. The number of aryl methyl sites for hydroxylation is 1. The van der Waals surface area contributed by atoms with Gasteiger partial charge in [0.15, 0.2) is 0 Å². The van der Waals surface area contributed by atoms with Crippen molar-refractivity contribution in [2.24, 2.45) is 0 Å². The molecule has 0 saturated carbocycles. The molecule has 1 saturated heterocycles.